The number of unbranched alkanes of at least 4 members (excludes halogenated alkanes) is 1. The van der Waals surface area contributed by atoms with Crippen molar-refractivity contribution in [1.82, 2.24) is 14.8 Å². The quantitative estimate of drug-likeness (QED) is 0.724. The molecule has 4 nitrogen and oxygen atoms in total. The van der Waals surface area contributed by atoms with Crippen LogP contribution in [0.5, 0.6) is 0 Å². The number of nitrogens with zero attached hydrogens (tertiary/aromatic N) is 3. The molecule has 88 valence electrons. The van der Waals surface area contributed by atoms with Crippen molar-refractivity contribution >= 4 is 6.29 Å². The maximum atomic E-state index is 8.81. The van der Waals surface area contributed by atoms with Gasteiger partial charge in [0.05, 0.1) is 0 Å². The van der Waals surface area contributed by atoms with Crippen LogP contribution in [0.15, 0.2) is 6.33 Å². The van der Waals surface area contributed by atoms with Crippen molar-refractivity contribution in [3.05, 3.63) is 12.2 Å². The molecular weight excluding hydrogens is 190 g/mol. The van der Waals surface area contributed by atoms with E-state index in [1.54, 1.807) is 6.33 Å². The standard InChI is InChI=1S/C7H13N3.C2H4O.C2H6/c1-3-4-5-7-9-8-6-10(7)2;1-2-3;1-2/h6H,3-5H2,1-2H3;2H,1H3;1-2H3. The Balaban J connectivity index is 0. The Bertz CT molecular complexity index is 233. The van der Waals surface area contributed by atoms with Crippen molar-refractivity contribution in [3.8, 4) is 0 Å². The maximum absolute atomic E-state index is 8.81. The van der Waals surface area contributed by atoms with Crippen LogP contribution in [-0.4, -0.2) is 21.1 Å². The van der Waals surface area contributed by atoms with Gasteiger partial charge in [-0.05, 0) is 13.3 Å². The molecule has 0 atom stereocenters. The third-order valence-electron chi connectivity index (χ3n) is 1.56. The third kappa shape index (κ3) is 9.12. The number of aryl methyl sites for hydroxylation is 2. The van der Waals surface area contributed by atoms with E-state index in [1.165, 1.54) is 19.8 Å². The Morgan fingerprint density at radius 2 is 2.00 bits per heavy atom. The van der Waals surface area contributed by atoms with E-state index in [9.17, 15) is 0 Å². The molecule has 0 saturated heterocycles. The Hall–Kier alpha value is -1.19. The van der Waals surface area contributed by atoms with Crippen LogP contribution in [0.2, 0.25) is 0 Å². The van der Waals surface area contributed by atoms with Gasteiger partial charge in [0.2, 0.25) is 0 Å². The molecule has 1 aromatic rings. The van der Waals surface area contributed by atoms with Crippen LogP contribution in [0.25, 0.3) is 0 Å². The molecule has 0 aliphatic carbocycles. The molecule has 0 aliphatic heterocycles. The van der Waals surface area contributed by atoms with Gasteiger partial charge in [0, 0.05) is 13.5 Å². The second-order valence-corrected chi connectivity index (χ2v) is 2.70. The molecule has 1 aromatic heterocycles. The zero-order valence-corrected chi connectivity index (χ0v) is 10.5. The number of aromatic nitrogens is 3. The first-order valence-electron chi connectivity index (χ1n) is 5.48. The molecule has 0 aromatic carbocycles. The van der Waals surface area contributed by atoms with Crippen molar-refractivity contribution < 1.29 is 4.79 Å². The smallest absolute Gasteiger partial charge is 0.132 e. The summed E-state index contributed by atoms with van der Waals surface area (Å²) in [5.74, 6) is 1.09. The van der Waals surface area contributed by atoms with Gasteiger partial charge in [-0.1, -0.05) is 27.2 Å². The predicted molar refractivity (Wildman–Crippen MR) is 62.7 cm³/mol. The van der Waals surface area contributed by atoms with Crippen molar-refractivity contribution in [3.63, 3.8) is 0 Å². The summed E-state index contributed by atoms with van der Waals surface area (Å²) >= 11 is 0. The van der Waals surface area contributed by atoms with Crippen LogP contribution < -0.4 is 0 Å². The van der Waals surface area contributed by atoms with Gasteiger partial charge < -0.3 is 9.36 Å². The normalized spacial score (nSPS) is 8.07. The van der Waals surface area contributed by atoms with Crippen molar-refractivity contribution in [2.45, 2.75) is 47.0 Å². The summed E-state index contributed by atoms with van der Waals surface area (Å²) < 4.78 is 1.97. The highest BCUT2D eigenvalue weighted by Crippen LogP contribution is 1.98. The zero-order chi connectivity index (χ0) is 12.1. The van der Waals surface area contributed by atoms with E-state index in [1.807, 2.05) is 25.5 Å². The lowest BCUT2D eigenvalue weighted by atomic mass is 10.2. The minimum atomic E-state index is 0.750. The Labute approximate surface area is 92.7 Å². The van der Waals surface area contributed by atoms with Crippen LogP contribution in [0.4, 0.5) is 0 Å². The summed E-state index contributed by atoms with van der Waals surface area (Å²) in [5, 5.41) is 7.75. The second kappa shape index (κ2) is 12.8. The zero-order valence-electron chi connectivity index (χ0n) is 10.5. The van der Waals surface area contributed by atoms with Crippen molar-refractivity contribution in [2.75, 3.05) is 0 Å². The molecule has 0 saturated carbocycles. The fourth-order valence-corrected chi connectivity index (χ4v) is 0.868. The maximum Gasteiger partial charge on any atom is 0.132 e. The Morgan fingerprint density at radius 3 is 2.33 bits per heavy atom. The Kier molecular flexibility index (Phi) is 13.9. The van der Waals surface area contributed by atoms with Gasteiger partial charge >= 0.3 is 0 Å². The molecule has 0 N–H and O–H groups in total. The van der Waals surface area contributed by atoms with Gasteiger partial charge in [-0.15, -0.1) is 10.2 Å². The molecule has 15 heavy (non-hydrogen) atoms. The summed E-state index contributed by atoms with van der Waals surface area (Å²) in [7, 11) is 1.98. The molecule has 0 amide bonds. The summed E-state index contributed by atoms with van der Waals surface area (Å²) in [4.78, 5) is 8.81. The van der Waals surface area contributed by atoms with Gasteiger partial charge in [-0.25, -0.2) is 0 Å². The molecule has 0 aliphatic rings. The molecule has 1 heterocycles. The van der Waals surface area contributed by atoms with E-state index in [0.29, 0.717) is 0 Å². The molecule has 0 bridgehead atoms. The van der Waals surface area contributed by atoms with Crippen LogP contribution in [0, 0.1) is 0 Å². The van der Waals surface area contributed by atoms with E-state index in [4.69, 9.17) is 4.79 Å². The SMILES string of the molecule is CC.CC=O.CCCCc1nncn1C. The topological polar surface area (TPSA) is 47.8 Å². The summed E-state index contributed by atoms with van der Waals surface area (Å²) in [6, 6.07) is 0. The van der Waals surface area contributed by atoms with Gasteiger partial charge in [-0.2, -0.15) is 0 Å². The highest BCUT2D eigenvalue weighted by atomic mass is 16.1. The lowest BCUT2D eigenvalue weighted by Crippen LogP contribution is -1.96. The van der Waals surface area contributed by atoms with Crippen LogP contribution in [0.3, 0.4) is 0 Å². The number of hydrogen-bond acceptors (Lipinski definition) is 3. The number of hydrogen-bond donors (Lipinski definition) is 0. The van der Waals surface area contributed by atoms with Crippen LogP contribution in [-0.2, 0) is 18.3 Å². The van der Waals surface area contributed by atoms with E-state index < -0.39 is 0 Å². The first-order valence-corrected chi connectivity index (χ1v) is 5.48. The molecule has 1 rings (SSSR count). The van der Waals surface area contributed by atoms with E-state index >= 15 is 0 Å². The fourth-order valence-electron chi connectivity index (χ4n) is 0.868. The average molecular weight is 213 g/mol. The van der Waals surface area contributed by atoms with Crippen LogP contribution >= 0.6 is 0 Å². The van der Waals surface area contributed by atoms with Crippen LogP contribution in [0.1, 0.15) is 46.4 Å². The molecular formula is C11H23N3O. The Morgan fingerprint density at radius 1 is 1.47 bits per heavy atom. The monoisotopic (exact) mass is 213 g/mol. The van der Waals surface area contributed by atoms with Gasteiger partial charge in [0.1, 0.15) is 18.4 Å². The summed E-state index contributed by atoms with van der Waals surface area (Å²) in [5.41, 5.74) is 0. The minimum absolute atomic E-state index is 0.750. The van der Waals surface area contributed by atoms with Crippen molar-refractivity contribution in [1.29, 1.82) is 0 Å². The van der Waals surface area contributed by atoms with Gasteiger partial charge in [-0.3, -0.25) is 0 Å². The van der Waals surface area contributed by atoms with E-state index in [2.05, 4.69) is 17.1 Å². The largest absolute Gasteiger partial charge is 0.321 e. The molecule has 0 radical (unpaired) electrons. The molecule has 0 fully saturated rings. The first-order chi connectivity index (χ1) is 7.26. The first kappa shape index (κ1) is 16.2. The summed E-state index contributed by atoms with van der Waals surface area (Å²) in [6.45, 7) is 7.62. The summed E-state index contributed by atoms with van der Waals surface area (Å²) in [6.07, 6.45) is 5.96. The number of carbonyl (C=O) groups is 1. The fraction of sp³-hybridized carbons (Fsp3) is 0.727. The average Bonchev–Trinajstić information content (AvgIpc) is 2.65. The van der Waals surface area contributed by atoms with Crippen molar-refractivity contribution in [2.24, 2.45) is 7.05 Å². The minimum Gasteiger partial charge on any atom is -0.321 e. The highest BCUT2D eigenvalue weighted by Gasteiger charge is 1.97. The molecule has 0 unspecified atom stereocenters. The van der Waals surface area contributed by atoms with Gasteiger partial charge in [0.25, 0.3) is 0 Å². The van der Waals surface area contributed by atoms with E-state index in [-0.39, 0.29) is 0 Å². The lowest BCUT2D eigenvalue weighted by molar-refractivity contribution is -0.106. The lowest BCUT2D eigenvalue weighted by Gasteiger charge is -1.96. The second-order valence-electron chi connectivity index (χ2n) is 2.70. The number of carbonyl (C=O) groups excluding carboxylic acids is 1. The predicted octanol–water partition coefficient (Wildman–Crippen LogP) is 2.39. The number of rotatable bonds is 3. The molecule has 0 spiro atoms. The highest BCUT2D eigenvalue weighted by molar-refractivity contribution is 5.44. The van der Waals surface area contributed by atoms with E-state index in [0.717, 1.165) is 18.5 Å². The number of aldehydes is 1. The van der Waals surface area contributed by atoms with Gasteiger partial charge in [0.15, 0.2) is 0 Å². The molecule has 4 heteroatoms. The third-order valence-corrected chi connectivity index (χ3v) is 1.56.